The molecule has 1 atom stereocenters. The summed E-state index contributed by atoms with van der Waals surface area (Å²) in [5.74, 6) is -3.61. The second-order valence-electron chi connectivity index (χ2n) is 5.55. The summed E-state index contributed by atoms with van der Waals surface area (Å²) in [5.41, 5.74) is 1.18. The Kier molecular flexibility index (Phi) is 3.85. The summed E-state index contributed by atoms with van der Waals surface area (Å²) in [6, 6.07) is 6.49. The number of hydrogen-bond acceptors (Lipinski definition) is 3. The maximum atomic E-state index is 13.3. The van der Waals surface area contributed by atoms with Crippen molar-refractivity contribution in [1.82, 2.24) is 15.1 Å². The standard InChI is InChI=1S/C15H15F3N4O/c1-9-5-13(20-14(23)12-7-15(17,18)8-19-12)21-22(9)11-4-2-3-10(16)6-11/h2-6,12,19H,7-8H2,1H3,(H,20,21,23). The molecule has 23 heavy (non-hydrogen) atoms. The van der Waals surface area contributed by atoms with Crippen LogP contribution in [0, 0.1) is 12.7 Å². The van der Waals surface area contributed by atoms with Gasteiger partial charge in [-0.25, -0.2) is 17.9 Å². The van der Waals surface area contributed by atoms with Crippen molar-refractivity contribution in [3.8, 4) is 5.69 Å². The van der Waals surface area contributed by atoms with Gasteiger partial charge in [0.2, 0.25) is 5.91 Å². The third-order valence-electron chi connectivity index (χ3n) is 3.62. The number of carbonyl (C=O) groups excluding carboxylic acids is 1. The number of aryl methyl sites for hydroxylation is 1. The van der Waals surface area contributed by atoms with Crippen molar-refractivity contribution >= 4 is 11.7 Å². The first kappa shape index (κ1) is 15.5. The molecule has 122 valence electrons. The van der Waals surface area contributed by atoms with Gasteiger partial charge in [-0.3, -0.25) is 10.1 Å². The van der Waals surface area contributed by atoms with Crippen LogP contribution in [0.4, 0.5) is 19.0 Å². The van der Waals surface area contributed by atoms with Gasteiger partial charge in [0.05, 0.1) is 18.3 Å². The van der Waals surface area contributed by atoms with Crippen LogP contribution < -0.4 is 10.6 Å². The number of nitrogens with zero attached hydrogens (tertiary/aromatic N) is 2. The Morgan fingerprint density at radius 3 is 2.87 bits per heavy atom. The number of amides is 1. The number of benzene rings is 1. The SMILES string of the molecule is Cc1cc(NC(=O)C2CC(F)(F)CN2)nn1-c1cccc(F)c1. The molecule has 0 bridgehead atoms. The van der Waals surface area contributed by atoms with Gasteiger partial charge in [0, 0.05) is 18.2 Å². The fraction of sp³-hybridized carbons (Fsp3) is 0.333. The van der Waals surface area contributed by atoms with E-state index in [0.717, 1.165) is 0 Å². The second kappa shape index (κ2) is 5.69. The highest BCUT2D eigenvalue weighted by Crippen LogP contribution is 2.26. The maximum Gasteiger partial charge on any atom is 0.262 e. The van der Waals surface area contributed by atoms with Gasteiger partial charge in [0.1, 0.15) is 5.82 Å². The molecule has 0 spiro atoms. The van der Waals surface area contributed by atoms with E-state index in [2.05, 4.69) is 15.7 Å². The van der Waals surface area contributed by atoms with Crippen molar-refractivity contribution in [1.29, 1.82) is 0 Å². The molecule has 0 aliphatic carbocycles. The molecule has 1 aliphatic rings. The summed E-state index contributed by atoms with van der Waals surface area (Å²) in [4.78, 5) is 12.0. The summed E-state index contributed by atoms with van der Waals surface area (Å²) in [6.45, 7) is 1.23. The molecule has 2 N–H and O–H groups in total. The lowest BCUT2D eigenvalue weighted by Crippen LogP contribution is -2.35. The summed E-state index contributed by atoms with van der Waals surface area (Å²) in [6.07, 6.45) is -0.539. The molecule has 5 nitrogen and oxygen atoms in total. The minimum Gasteiger partial charge on any atom is -0.308 e. The molecule has 1 amide bonds. The molecule has 8 heteroatoms. The van der Waals surface area contributed by atoms with Crippen molar-refractivity contribution in [2.24, 2.45) is 0 Å². The van der Waals surface area contributed by atoms with E-state index >= 15 is 0 Å². The Labute approximate surface area is 130 Å². The number of nitrogens with one attached hydrogen (secondary N) is 2. The molecule has 2 heterocycles. The molecule has 3 rings (SSSR count). The van der Waals surface area contributed by atoms with Gasteiger partial charge in [0.25, 0.3) is 5.92 Å². The van der Waals surface area contributed by atoms with E-state index in [0.29, 0.717) is 11.4 Å². The van der Waals surface area contributed by atoms with Crippen LogP contribution in [0.5, 0.6) is 0 Å². The van der Waals surface area contributed by atoms with E-state index in [9.17, 15) is 18.0 Å². The molecule has 1 fully saturated rings. The van der Waals surface area contributed by atoms with Gasteiger partial charge in [-0.2, -0.15) is 0 Å². The van der Waals surface area contributed by atoms with Crippen molar-refractivity contribution in [2.45, 2.75) is 25.3 Å². The zero-order valence-electron chi connectivity index (χ0n) is 12.3. The van der Waals surface area contributed by atoms with Crippen LogP contribution in [-0.2, 0) is 4.79 Å². The molecule has 1 unspecified atom stereocenters. The van der Waals surface area contributed by atoms with Gasteiger partial charge in [-0.1, -0.05) is 6.07 Å². The zero-order valence-corrected chi connectivity index (χ0v) is 12.3. The summed E-state index contributed by atoms with van der Waals surface area (Å²) >= 11 is 0. The zero-order chi connectivity index (χ0) is 16.6. The van der Waals surface area contributed by atoms with Crippen LogP contribution in [0.15, 0.2) is 30.3 Å². The van der Waals surface area contributed by atoms with Crippen LogP contribution in [0.25, 0.3) is 5.69 Å². The van der Waals surface area contributed by atoms with E-state index in [1.807, 2.05) is 0 Å². The molecular formula is C15H15F3N4O. The molecule has 0 radical (unpaired) electrons. The smallest absolute Gasteiger partial charge is 0.262 e. The Hall–Kier alpha value is -2.35. The fourth-order valence-electron chi connectivity index (χ4n) is 2.52. The maximum absolute atomic E-state index is 13.3. The minimum absolute atomic E-state index is 0.230. The van der Waals surface area contributed by atoms with Gasteiger partial charge >= 0.3 is 0 Å². The van der Waals surface area contributed by atoms with Crippen molar-refractivity contribution in [3.63, 3.8) is 0 Å². The van der Waals surface area contributed by atoms with Gasteiger partial charge in [0.15, 0.2) is 5.82 Å². The first-order chi connectivity index (χ1) is 10.8. The van der Waals surface area contributed by atoms with Crippen LogP contribution in [-0.4, -0.2) is 34.2 Å². The van der Waals surface area contributed by atoms with Crippen LogP contribution >= 0.6 is 0 Å². The highest BCUT2D eigenvalue weighted by atomic mass is 19.3. The predicted octanol–water partition coefficient (Wildman–Crippen LogP) is 2.26. The van der Waals surface area contributed by atoms with Crippen LogP contribution in [0.1, 0.15) is 12.1 Å². The third-order valence-corrected chi connectivity index (χ3v) is 3.62. The molecule has 0 saturated carbocycles. The van der Waals surface area contributed by atoms with E-state index in [-0.39, 0.29) is 5.82 Å². The first-order valence-electron chi connectivity index (χ1n) is 7.09. The summed E-state index contributed by atoms with van der Waals surface area (Å²) in [7, 11) is 0. The first-order valence-corrected chi connectivity index (χ1v) is 7.09. The van der Waals surface area contributed by atoms with E-state index in [4.69, 9.17) is 0 Å². The number of anilines is 1. The summed E-state index contributed by atoms with van der Waals surface area (Å²) < 4.78 is 41.0. The van der Waals surface area contributed by atoms with Crippen molar-refractivity contribution in [3.05, 3.63) is 41.8 Å². The normalized spacial score (nSPS) is 19.7. The van der Waals surface area contributed by atoms with Gasteiger partial charge < -0.3 is 5.32 Å². The lowest BCUT2D eigenvalue weighted by Gasteiger charge is -2.09. The monoisotopic (exact) mass is 324 g/mol. The third kappa shape index (κ3) is 3.37. The molecule has 1 aromatic heterocycles. The molecular weight excluding hydrogens is 309 g/mol. The molecule has 2 aromatic rings. The summed E-state index contributed by atoms with van der Waals surface area (Å²) in [5, 5.41) is 9.16. The van der Waals surface area contributed by atoms with Crippen molar-refractivity contribution in [2.75, 3.05) is 11.9 Å². The number of aromatic nitrogens is 2. The molecule has 1 aliphatic heterocycles. The largest absolute Gasteiger partial charge is 0.308 e. The number of alkyl halides is 2. The van der Waals surface area contributed by atoms with E-state index in [1.165, 1.54) is 16.8 Å². The number of hydrogen-bond donors (Lipinski definition) is 2. The van der Waals surface area contributed by atoms with Gasteiger partial charge in [-0.05, 0) is 25.1 Å². The number of carbonyl (C=O) groups is 1. The van der Waals surface area contributed by atoms with E-state index < -0.39 is 36.7 Å². The Morgan fingerprint density at radius 1 is 1.43 bits per heavy atom. The quantitative estimate of drug-likeness (QED) is 0.910. The predicted molar refractivity (Wildman–Crippen MR) is 78.2 cm³/mol. The Morgan fingerprint density at radius 2 is 2.22 bits per heavy atom. The topological polar surface area (TPSA) is 59.0 Å². The van der Waals surface area contributed by atoms with E-state index in [1.54, 1.807) is 25.1 Å². The number of halogens is 3. The molecule has 1 saturated heterocycles. The lowest BCUT2D eigenvalue weighted by molar-refractivity contribution is -0.118. The Bertz CT molecular complexity index is 744. The lowest BCUT2D eigenvalue weighted by atomic mass is 10.2. The van der Waals surface area contributed by atoms with Crippen molar-refractivity contribution < 1.29 is 18.0 Å². The minimum atomic E-state index is -2.88. The van der Waals surface area contributed by atoms with Crippen LogP contribution in [0.2, 0.25) is 0 Å². The highest BCUT2D eigenvalue weighted by molar-refractivity contribution is 5.94. The average Bonchev–Trinajstić information content (AvgIpc) is 3.01. The second-order valence-corrected chi connectivity index (χ2v) is 5.55. The number of rotatable bonds is 3. The van der Waals surface area contributed by atoms with Gasteiger partial charge in [-0.15, -0.1) is 5.10 Å². The fourth-order valence-corrected chi connectivity index (χ4v) is 2.52. The molecule has 1 aromatic carbocycles. The van der Waals surface area contributed by atoms with Crippen LogP contribution in [0.3, 0.4) is 0 Å². The Balaban J connectivity index is 1.75. The average molecular weight is 324 g/mol. The highest BCUT2D eigenvalue weighted by Gasteiger charge is 2.42.